The van der Waals surface area contributed by atoms with Crippen LogP contribution in [0.1, 0.15) is 31.9 Å². The van der Waals surface area contributed by atoms with Gasteiger partial charge in [-0.2, -0.15) is 0 Å². The molecule has 0 saturated heterocycles. The van der Waals surface area contributed by atoms with Gasteiger partial charge in [0.15, 0.2) is 0 Å². The van der Waals surface area contributed by atoms with Crippen LogP contribution in [0.5, 0.6) is 0 Å². The molecule has 116 valence electrons. The molecule has 21 heavy (non-hydrogen) atoms. The van der Waals surface area contributed by atoms with Crippen LogP contribution in [0, 0.1) is 5.82 Å². The van der Waals surface area contributed by atoms with E-state index in [0.717, 1.165) is 0 Å². The van der Waals surface area contributed by atoms with Crippen molar-refractivity contribution in [1.82, 2.24) is 9.80 Å². The molecule has 1 N–H and O–H groups in total. The number of amides is 2. The Balaban J connectivity index is 2.80. The Kier molecular flexibility index (Phi) is 6.14. The highest BCUT2D eigenvalue weighted by molar-refractivity contribution is 5.75. The lowest BCUT2D eigenvalue weighted by molar-refractivity contribution is -0.137. The maximum Gasteiger partial charge on any atom is 0.320 e. The summed E-state index contributed by atoms with van der Waals surface area (Å²) in [6.07, 6.45) is -0.110. The second-order valence-corrected chi connectivity index (χ2v) is 4.81. The van der Waals surface area contributed by atoms with Crippen LogP contribution in [-0.4, -0.2) is 47.0 Å². The zero-order valence-corrected chi connectivity index (χ0v) is 12.5. The maximum absolute atomic E-state index is 13.8. The molecule has 1 atom stereocenters. The molecule has 0 spiro atoms. The molecule has 0 bridgehead atoms. The molecule has 1 aromatic rings. The molecule has 0 aliphatic carbocycles. The average molecular weight is 296 g/mol. The number of carboxylic acids is 1. The van der Waals surface area contributed by atoms with Gasteiger partial charge < -0.3 is 14.9 Å². The van der Waals surface area contributed by atoms with E-state index in [1.54, 1.807) is 39.1 Å². The molecule has 0 aromatic heterocycles. The van der Waals surface area contributed by atoms with E-state index < -0.39 is 12.0 Å². The number of aliphatic carboxylic acids is 1. The van der Waals surface area contributed by atoms with Crippen molar-refractivity contribution in [3.05, 3.63) is 35.6 Å². The van der Waals surface area contributed by atoms with E-state index in [0.29, 0.717) is 12.1 Å². The van der Waals surface area contributed by atoms with Gasteiger partial charge in [-0.1, -0.05) is 18.2 Å². The zero-order chi connectivity index (χ0) is 16.0. The van der Waals surface area contributed by atoms with Crippen LogP contribution in [0.15, 0.2) is 24.3 Å². The molecule has 6 heteroatoms. The molecule has 0 fully saturated rings. The summed E-state index contributed by atoms with van der Waals surface area (Å²) in [5.41, 5.74) is 0.433. The van der Waals surface area contributed by atoms with E-state index in [4.69, 9.17) is 5.11 Å². The topological polar surface area (TPSA) is 60.9 Å². The average Bonchev–Trinajstić information content (AvgIpc) is 2.46. The number of urea groups is 1. The highest BCUT2D eigenvalue weighted by atomic mass is 19.1. The smallest absolute Gasteiger partial charge is 0.320 e. The van der Waals surface area contributed by atoms with Crippen molar-refractivity contribution in [2.24, 2.45) is 0 Å². The minimum atomic E-state index is -0.953. The first-order valence-electron chi connectivity index (χ1n) is 6.86. The van der Waals surface area contributed by atoms with Gasteiger partial charge in [-0.3, -0.25) is 4.79 Å². The van der Waals surface area contributed by atoms with Crippen molar-refractivity contribution in [3.63, 3.8) is 0 Å². The van der Waals surface area contributed by atoms with E-state index in [2.05, 4.69) is 0 Å². The normalized spacial score (nSPS) is 11.8. The lowest BCUT2D eigenvalue weighted by Gasteiger charge is -2.31. The Morgan fingerprint density at radius 2 is 1.95 bits per heavy atom. The molecule has 1 rings (SSSR count). The first-order chi connectivity index (χ1) is 9.88. The third-order valence-corrected chi connectivity index (χ3v) is 3.49. The summed E-state index contributed by atoms with van der Waals surface area (Å²) in [5.74, 6) is -1.32. The summed E-state index contributed by atoms with van der Waals surface area (Å²) in [7, 11) is 1.59. The summed E-state index contributed by atoms with van der Waals surface area (Å²) < 4.78 is 13.8. The van der Waals surface area contributed by atoms with Crippen molar-refractivity contribution in [3.8, 4) is 0 Å². The molecule has 0 aliphatic heterocycles. The Labute approximate surface area is 124 Å². The van der Waals surface area contributed by atoms with E-state index >= 15 is 0 Å². The Morgan fingerprint density at radius 3 is 2.48 bits per heavy atom. The number of hydrogen-bond acceptors (Lipinski definition) is 2. The summed E-state index contributed by atoms with van der Waals surface area (Å²) in [5, 5.41) is 8.70. The van der Waals surface area contributed by atoms with Gasteiger partial charge >= 0.3 is 12.0 Å². The lowest BCUT2D eigenvalue weighted by Crippen LogP contribution is -2.43. The SMILES string of the molecule is CCN(CCC(=O)O)C(=O)N(C)C(C)c1ccccc1F. The first-order valence-corrected chi connectivity index (χ1v) is 6.86. The second kappa shape index (κ2) is 7.61. The molecule has 0 aliphatic rings. The van der Waals surface area contributed by atoms with Gasteiger partial charge in [-0.25, -0.2) is 9.18 Å². The third-order valence-electron chi connectivity index (χ3n) is 3.49. The monoisotopic (exact) mass is 296 g/mol. The molecular weight excluding hydrogens is 275 g/mol. The van der Waals surface area contributed by atoms with Gasteiger partial charge in [0.1, 0.15) is 5.82 Å². The van der Waals surface area contributed by atoms with Gasteiger partial charge in [-0.05, 0) is 19.9 Å². The van der Waals surface area contributed by atoms with Crippen molar-refractivity contribution in [2.75, 3.05) is 20.1 Å². The Morgan fingerprint density at radius 1 is 1.33 bits per heavy atom. The number of carboxylic acid groups (broad SMARTS) is 1. The minimum Gasteiger partial charge on any atom is -0.481 e. The number of carbonyl (C=O) groups is 2. The van der Waals surface area contributed by atoms with Crippen LogP contribution >= 0.6 is 0 Å². The summed E-state index contributed by atoms with van der Waals surface area (Å²) >= 11 is 0. The first kappa shape index (κ1) is 16.9. The molecule has 0 heterocycles. The highest BCUT2D eigenvalue weighted by Crippen LogP contribution is 2.22. The predicted molar refractivity (Wildman–Crippen MR) is 77.5 cm³/mol. The fraction of sp³-hybridized carbons (Fsp3) is 0.467. The largest absolute Gasteiger partial charge is 0.481 e. The fourth-order valence-corrected chi connectivity index (χ4v) is 2.03. The molecule has 0 radical (unpaired) electrons. The number of nitrogens with zero attached hydrogens (tertiary/aromatic N) is 2. The van der Waals surface area contributed by atoms with Gasteiger partial charge in [0, 0.05) is 25.7 Å². The standard InChI is InChI=1S/C15H21FN2O3/c1-4-18(10-9-14(19)20)15(21)17(3)11(2)12-7-5-6-8-13(12)16/h5-8,11H,4,9-10H2,1-3H3,(H,19,20). The van der Waals surface area contributed by atoms with Gasteiger partial charge in [-0.15, -0.1) is 0 Å². The van der Waals surface area contributed by atoms with Crippen LogP contribution in [0.25, 0.3) is 0 Å². The summed E-state index contributed by atoms with van der Waals surface area (Å²) in [4.78, 5) is 25.8. The van der Waals surface area contributed by atoms with E-state index in [-0.39, 0.29) is 24.8 Å². The molecular formula is C15H21FN2O3. The molecule has 1 unspecified atom stereocenters. The zero-order valence-electron chi connectivity index (χ0n) is 12.5. The quantitative estimate of drug-likeness (QED) is 0.878. The molecule has 2 amide bonds. The van der Waals surface area contributed by atoms with E-state index in [9.17, 15) is 14.0 Å². The van der Waals surface area contributed by atoms with Crippen LogP contribution < -0.4 is 0 Å². The van der Waals surface area contributed by atoms with Gasteiger partial charge in [0.05, 0.1) is 12.5 Å². The van der Waals surface area contributed by atoms with Crippen molar-refractivity contribution in [2.45, 2.75) is 26.3 Å². The van der Waals surface area contributed by atoms with Crippen LogP contribution in [0.3, 0.4) is 0 Å². The lowest BCUT2D eigenvalue weighted by atomic mass is 10.1. The Hall–Kier alpha value is -2.11. The molecule has 5 nitrogen and oxygen atoms in total. The third kappa shape index (κ3) is 4.44. The number of hydrogen-bond donors (Lipinski definition) is 1. The number of halogens is 1. The van der Waals surface area contributed by atoms with Gasteiger partial charge in [0.2, 0.25) is 0 Å². The number of rotatable bonds is 6. The highest BCUT2D eigenvalue weighted by Gasteiger charge is 2.23. The molecule has 1 aromatic carbocycles. The van der Waals surface area contributed by atoms with Crippen molar-refractivity contribution < 1.29 is 19.1 Å². The number of carbonyl (C=O) groups excluding carboxylic acids is 1. The van der Waals surface area contributed by atoms with E-state index in [1.807, 2.05) is 0 Å². The van der Waals surface area contributed by atoms with Crippen molar-refractivity contribution >= 4 is 12.0 Å². The Bertz CT molecular complexity index is 507. The van der Waals surface area contributed by atoms with Gasteiger partial charge in [0.25, 0.3) is 0 Å². The van der Waals surface area contributed by atoms with Crippen molar-refractivity contribution in [1.29, 1.82) is 0 Å². The minimum absolute atomic E-state index is 0.110. The predicted octanol–water partition coefficient (Wildman–Crippen LogP) is 2.74. The van der Waals surface area contributed by atoms with Crippen LogP contribution in [0.2, 0.25) is 0 Å². The fourth-order valence-electron chi connectivity index (χ4n) is 2.03. The maximum atomic E-state index is 13.8. The number of benzene rings is 1. The molecule has 0 saturated carbocycles. The second-order valence-electron chi connectivity index (χ2n) is 4.81. The van der Waals surface area contributed by atoms with Crippen LogP contribution in [0.4, 0.5) is 9.18 Å². The summed E-state index contributed by atoms with van der Waals surface area (Å²) in [6.45, 7) is 4.06. The van der Waals surface area contributed by atoms with E-state index in [1.165, 1.54) is 15.9 Å². The summed E-state index contributed by atoms with van der Waals surface area (Å²) in [6, 6.07) is 5.56. The van der Waals surface area contributed by atoms with Crippen LogP contribution in [-0.2, 0) is 4.79 Å².